The summed E-state index contributed by atoms with van der Waals surface area (Å²) in [5, 5.41) is 14.0. The monoisotopic (exact) mass is 294 g/mol. The fourth-order valence-corrected chi connectivity index (χ4v) is 1.66. The van der Waals surface area contributed by atoms with Crippen molar-refractivity contribution in [2.75, 3.05) is 13.2 Å². The highest BCUT2D eigenvalue weighted by Crippen LogP contribution is 2.11. The summed E-state index contributed by atoms with van der Waals surface area (Å²) in [5.41, 5.74) is 0.869. The maximum atomic E-state index is 11.6. The van der Waals surface area contributed by atoms with Crippen molar-refractivity contribution in [2.24, 2.45) is 0 Å². The third-order valence-corrected chi connectivity index (χ3v) is 2.94. The van der Waals surface area contributed by atoms with Crippen molar-refractivity contribution in [3.8, 4) is 5.75 Å². The summed E-state index contributed by atoms with van der Waals surface area (Å²) < 4.78 is 5.32. The van der Waals surface area contributed by atoms with Crippen molar-refractivity contribution < 1.29 is 19.4 Å². The van der Waals surface area contributed by atoms with Gasteiger partial charge in [-0.2, -0.15) is 0 Å². The minimum Gasteiger partial charge on any atom is -0.494 e. The van der Waals surface area contributed by atoms with Crippen LogP contribution in [0.1, 0.15) is 25.8 Å². The second-order valence-electron chi connectivity index (χ2n) is 4.52. The van der Waals surface area contributed by atoms with E-state index in [0.29, 0.717) is 13.0 Å². The molecule has 1 rings (SSSR count). The van der Waals surface area contributed by atoms with E-state index in [9.17, 15) is 9.59 Å². The zero-order valence-electron chi connectivity index (χ0n) is 12.4. The molecule has 6 heteroatoms. The molecule has 1 aromatic carbocycles. The molecule has 0 spiro atoms. The van der Waals surface area contributed by atoms with Crippen LogP contribution in [0.2, 0.25) is 0 Å². The van der Waals surface area contributed by atoms with Gasteiger partial charge in [0, 0.05) is 6.54 Å². The van der Waals surface area contributed by atoms with Crippen molar-refractivity contribution in [3.63, 3.8) is 0 Å². The Morgan fingerprint density at radius 1 is 1.19 bits per heavy atom. The Morgan fingerprint density at radius 3 is 2.38 bits per heavy atom. The van der Waals surface area contributed by atoms with E-state index in [1.54, 1.807) is 0 Å². The van der Waals surface area contributed by atoms with Gasteiger partial charge < -0.3 is 20.5 Å². The van der Waals surface area contributed by atoms with E-state index in [1.165, 1.54) is 0 Å². The van der Waals surface area contributed by atoms with Crippen molar-refractivity contribution >= 4 is 11.8 Å². The summed E-state index contributed by atoms with van der Waals surface area (Å²) in [6.07, 6.45) is 0.564. The van der Waals surface area contributed by atoms with Crippen molar-refractivity contribution in [1.82, 2.24) is 10.6 Å². The zero-order valence-corrected chi connectivity index (χ0v) is 12.4. The first-order valence-electron chi connectivity index (χ1n) is 7.02. The molecule has 1 aromatic rings. The number of nitrogens with one attached hydrogen (secondary N) is 2. The molecular formula is C15H22N2O4. The molecule has 0 saturated carbocycles. The van der Waals surface area contributed by atoms with Crippen LogP contribution in [0, 0.1) is 0 Å². The first kappa shape index (κ1) is 17.0. The number of aliphatic hydroxyl groups is 1. The topological polar surface area (TPSA) is 87.7 Å². The highest BCUT2D eigenvalue weighted by atomic mass is 16.5. The van der Waals surface area contributed by atoms with Crippen molar-refractivity contribution in [3.05, 3.63) is 29.8 Å². The molecular weight excluding hydrogens is 272 g/mol. The lowest BCUT2D eigenvalue weighted by Gasteiger charge is -2.13. The van der Waals surface area contributed by atoms with Gasteiger partial charge in [0.2, 0.25) is 0 Å². The molecule has 2 amide bonds. The largest absolute Gasteiger partial charge is 0.494 e. The Morgan fingerprint density at radius 2 is 1.86 bits per heavy atom. The van der Waals surface area contributed by atoms with Gasteiger partial charge in [-0.15, -0.1) is 0 Å². The Balaban J connectivity index is 2.43. The second-order valence-corrected chi connectivity index (χ2v) is 4.52. The quantitative estimate of drug-likeness (QED) is 0.642. The molecule has 116 valence electrons. The van der Waals surface area contributed by atoms with Gasteiger partial charge >= 0.3 is 11.8 Å². The minimum absolute atomic E-state index is 0.186. The van der Waals surface area contributed by atoms with E-state index in [1.807, 2.05) is 38.1 Å². The molecule has 0 bridgehead atoms. The van der Waals surface area contributed by atoms with Crippen LogP contribution >= 0.6 is 0 Å². The molecule has 0 fully saturated rings. The lowest BCUT2D eigenvalue weighted by Crippen LogP contribution is -2.45. The van der Waals surface area contributed by atoms with E-state index in [2.05, 4.69) is 10.6 Å². The number of carbonyl (C=O) groups excluding carboxylic acids is 2. The SMILES string of the molecule is CCOc1ccc(CNC(=O)C(=O)N[C@H](CC)CO)cc1. The first-order chi connectivity index (χ1) is 10.1. The predicted octanol–water partition coefficient (Wildman–Crippen LogP) is 0.589. The third kappa shape index (κ3) is 5.83. The van der Waals surface area contributed by atoms with Crippen molar-refractivity contribution in [2.45, 2.75) is 32.9 Å². The number of hydrogen-bond acceptors (Lipinski definition) is 4. The fraction of sp³-hybridized carbons (Fsp3) is 0.467. The molecule has 0 radical (unpaired) electrons. The molecule has 0 aliphatic heterocycles. The summed E-state index contributed by atoms with van der Waals surface area (Å²) in [6, 6.07) is 6.87. The fourth-order valence-electron chi connectivity index (χ4n) is 1.66. The van der Waals surface area contributed by atoms with E-state index >= 15 is 0 Å². The number of aliphatic hydroxyl groups excluding tert-OH is 1. The van der Waals surface area contributed by atoms with E-state index in [0.717, 1.165) is 11.3 Å². The number of benzene rings is 1. The Kier molecular flexibility index (Phi) is 7.25. The Hall–Kier alpha value is -2.08. The first-order valence-corrected chi connectivity index (χ1v) is 7.02. The second kappa shape index (κ2) is 8.97. The number of amides is 2. The zero-order chi connectivity index (χ0) is 15.7. The lowest BCUT2D eigenvalue weighted by molar-refractivity contribution is -0.139. The smallest absolute Gasteiger partial charge is 0.309 e. The highest BCUT2D eigenvalue weighted by Gasteiger charge is 2.16. The number of ether oxygens (including phenoxy) is 1. The van der Waals surface area contributed by atoms with Gasteiger partial charge in [-0.1, -0.05) is 19.1 Å². The van der Waals surface area contributed by atoms with E-state index in [-0.39, 0.29) is 13.2 Å². The summed E-state index contributed by atoms with van der Waals surface area (Å²) >= 11 is 0. The van der Waals surface area contributed by atoms with E-state index < -0.39 is 17.9 Å². The van der Waals surface area contributed by atoms with Crippen LogP contribution in [0.15, 0.2) is 24.3 Å². The number of rotatable bonds is 7. The van der Waals surface area contributed by atoms with Crippen LogP contribution in [0.3, 0.4) is 0 Å². The number of carbonyl (C=O) groups is 2. The van der Waals surface area contributed by atoms with Crippen molar-refractivity contribution in [1.29, 1.82) is 0 Å². The van der Waals surface area contributed by atoms with Crippen LogP contribution in [-0.2, 0) is 16.1 Å². The molecule has 0 heterocycles. The van der Waals surface area contributed by atoms with Gasteiger partial charge in [0.1, 0.15) is 5.75 Å². The standard InChI is InChI=1S/C15H22N2O4/c1-3-12(10-18)17-15(20)14(19)16-9-11-5-7-13(8-6-11)21-4-2/h5-8,12,18H,3-4,9-10H2,1-2H3,(H,16,19)(H,17,20)/t12-/m1/s1. The van der Waals surface area contributed by atoms with Gasteiger partial charge in [-0.05, 0) is 31.0 Å². The molecule has 0 aliphatic rings. The molecule has 0 unspecified atom stereocenters. The van der Waals surface area contributed by atoms with Gasteiger partial charge in [-0.25, -0.2) is 0 Å². The minimum atomic E-state index is -0.734. The predicted molar refractivity (Wildman–Crippen MR) is 78.8 cm³/mol. The normalized spacial score (nSPS) is 11.6. The summed E-state index contributed by atoms with van der Waals surface area (Å²) in [7, 11) is 0. The van der Waals surface area contributed by atoms with Gasteiger partial charge in [-0.3, -0.25) is 9.59 Å². The lowest BCUT2D eigenvalue weighted by atomic mass is 10.2. The molecule has 1 atom stereocenters. The molecule has 0 saturated heterocycles. The van der Waals surface area contributed by atoms with Gasteiger partial charge in [0.15, 0.2) is 0 Å². The van der Waals surface area contributed by atoms with Gasteiger partial charge in [0.05, 0.1) is 19.3 Å². The molecule has 6 nitrogen and oxygen atoms in total. The molecule has 0 aromatic heterocycles. The number of hydrogen-bond donors (Lipinski definition) is 3. The third-order valence-electron chi connectivity index (χ3n) is 2.94. The Bertz CT molecular complexity index is 455. The van der Waals surface area contributed by atoms with Crippen LogP contribution < -0.4 is 15.4 Å². The van der Waals surface area contributed by atoms with Crippen LogP contribution in [0.25, 0.3) is 0 Å². The summed E-state index contributed by atoms with van der Waals surface area (Å²) in [5.74, 6) is -0.684. The molecule has 0 aliphatic carbocycles. The maximum Gasteiger partial charge on any atom is 0.309 e. The molecule has 3 N–H and O–H groups in total. The summed E-state index contributed by atoms with van der Waals surface area (Å²) in [4.78, 5) is 23.2. The average molecular weight is 294 g/mol. The van der Waals surface area contributed by atoms with Crippen LogP contribution in [0.5, 0.6) is 5.75 Å². The molecule has 21 heavy (non-hydrogen) atoms. The maximum absolute atomic E-state index is 11.6. The summed E-state index contributed by atoms with van der Waals surface area (Å²) in [6.45, 7) is 4.39. The average Bonchev–Trinajstić information content (AvgIpc) is 2.51. The van der Waals surface area contributed by atoms with Crippen LogP contribution in [0.4, 0.5) is 0 Å². The highest BCUT2D eigenvalue weighted by molar-refractivity contribution is 6.35. The van der Waals surface area contributed by atoms with Crippen LogP contribution in [-0.4, -0.2) is 36.2 Å². The van der Waals surface area contributed by atoms with E-state index in [4.69, 9.17) is 9.84 Å². The Labute approximate surface area is 124 Å². The van der Waals surface area contributed by atoms with Gasteiger partial charge in [0.25, 0.3) is 0 Å².